The first-order valence-electron chi connectivity index (χ1n) is 8.46. The summed E-state index contributed by atoms with van der Waals surface area (Å²) in [5, 5.41) is 20.0. The second-order valence-corrected chi connectivity index (χ2v) is 6.52. The lowest BCUT2D eigenvalue weighted by Gasteiger charge is -2.18. The van der Waals surface area contributed by atoms with Gasteiger partial charge in [0.2, 0.25) is 0 Å². The molecule has 1 atom stereocenters. The van der Waals surface area contributed by atoms with Crippen molar-refractivity contribution in [2.45, 2.75) is 12.5 Å². The third-order valence-electron chi connectivity index (χ3n) is 4.82. The molecular formula is C20H18N2O4. The molecule has 0 radical (unpaired) electrons. The lowest BCUT2D eigenvalue weighted by Crippen LogP contribution is -2.20. The van der Waals surface area contributed by atoms with E-state index in [0.717, 1.165) is 29.8 Å². The summed E-state index contributed by atoms with van der Waals surface area (Å²) < 4.78 is 0. The highest BCUT2D eigenvalue weighted by Gasteiger charge is 2.20. The van der Waals surface area contributed by atoms with E-state index in [1.807, 2.05) is 30.3 Å². The summed E-state index contributed by atoms with van der Waals surface area (Å²) in [4.78, 5) is 28.0. The zero-order chi connectivity index (χ0) is 18.3. The lowest BCUT2D eigenvalue weighted by molar-refractivity contribution is 0.0690. The number of nitrogens with one attached hydrogen (secondary N) is 1. The van der Waals surface area contributed by atoms with Crippen LogP contribution < -0.4 is 10.5 Å². The van der Waals surface area contributed by atoms with Gasteiger partial charge in [0.1, 0.15) is 5.69 Å². The minimum atomic E-state index is -1.17. The Balaban J connectivity index is 1.79. The number of hydrogen-bond acceptors (Lipinski definition) is 4. The molecule has 1 aromatic heterocycles. The van der Waals surface area contributed by atoms with Crippen LogP contribution in [0.2, 0.25) is 0 Å². The number of aliphatic hydroxyl groups excluding tert-OH is 1. The maximum atomic E-state index is 12.2. The molecule has 1 fully saturated rings. The van der Waals surface area contributed by atoms with Crippen LogP contribution in [0.4, 0.5) is 5.69 Å². The highest BCUT2D eigenvalue weighted by Crippen LogP contribution is 2.30. The number of rotatable bonds is 3. The molecule has 4 rings (SSSR count). The molecule has 6 heteroatoms. The van der Waals surface area contributed by atoms with Gasteiger partial charge in [0.05, 0.1) is 6.10 Å². The fraction of sp³-hybridized carbons (Fsp3) is 0.200. The van der Waals surface area contributed by atoms with Gasteiger partial charge in [-0.3, -0.25) is 4.79 Å². The fourth-order valence-corrected chi connectivity index (χ4v) is 3.48. The number of anilines is 1. The van der Waals surface area contributed by atoms with E-state index in [-0.39, 0.29) is 11.8 Å². The SMILES string of the molecule is O=C(O)c1cc2c(-c3ccc(N4CCC(O)C4)cc3)cccc2c(=O)[nH]1. The molecule has 0 spiro atoms. The van der Waals surface area contributed by atoms with E-state index >= 15 is 0 Å². The first-order valence-corrected chi connectivity index (χ1v) is 8.46. The Morgan fingerprint density at radius 2 is 1.88 bits per heavy atom. The highest BCUT2D eigenvalue weighted by atomic mass is 16.4. The number of fused-ring (bicyclic) bond motifs is 1. The number of pyridine rings is 1. The minimum absolute atomic E-state index is 0.127. The maximum absolute atomic E-state index is 12.2. The summed E-state index contributed by atoms with van der Waals surface area (Å²) in [6.45, 7) is 1.46. The minimum Gasteiger partial charge on any atom is -0.477 e. The van der Waals surface area contributed by atoms with E-state index in [9.17, 15) is 19.8 Å². The van der Waals surface area contributed by atoms with Gasteiger partial charge in [0, 0.05) is 24.2 Å². The van der Waals surface area contributed by atoms with E-state index in [2.05, 4.69) is 9.88 Å². The molecule has 0 aliphatic carbocycles. The number of aromatic carboxylic acids is 1. The first kappa shape index (κ1) is 16.4. The number of β-amino-alcohol motifs (C(OH)–C–C–N with tert-alkyl or cyclic N) is 1. The van der Waals surface area contributed by atoms with Gasteiger partial charge in [0.25, 0.3) is 5.56 Å². The van der Waals surface area contributed by atoms with Crippen LogP contribution in [0.5, 0.6) is 0 Å². The summed E-state index contributed by atoms with van der Waals surface area (Å²) >= 11 is 0. The fourth-order valence-electron chi connectivity index (χ4n) is 3.48. The molecule has 0 bridgehead atoms. The molecule has 2 aromatic carbocycles. The number of aromatic nitrogens is 1. The number of carbonyl (C=O) groups is 1. The molecule has 1 unspecified atom stereocenters. The molecule has 1 aliphatic heterocycles. The normalized spacial score (nSPS) is 17.0. The quantitative estimate of drug-likeness (QED) is 0.675. The standard InChI is InChI=1S/C20H18N2O4/c23-14-8-9-22(11-14)13-6-4-12(5-7-13)15-2-1-3-16-17(15)10-18(20(25)26)21-19(16)24/h1-7,10,14,23H,8-9,11H2,(H,21,24)(H,25,26). The summed E-state index contributed by atoms with van der Waals surface area (Å²) in [7, 11) is 0. The van der Waals surface area contributed by atoms with Gasteiger partial charge < -0.3 is 20.1 Å². The third kappa shape index (κ3) is 2.84. The van der Waals surface area contributed by atoms with Gasteiger partial charge >= 0.3 is 5.97 Å². The van der Waals surface area contributed by atoms with E-state index in [0.29, 0.717) is 17.3 Å². The van der Waals surface area contributed by atoms with Crippen LogP contribution in [0.15, 0.2) is 53.3 Å². The van der Waals surface area contributed by atoms with Crippen LogP contribution in [0.3, 0.4) is 0 Å². The third-order valence-corrected chi connectivity index (χ3v) is 4.82. The zero-order valence-corrected chi connectivity index (χ0v) is 14.0. The lowest BCUT2D eigenvalue weighted by atomic mass is 9.98. The molecule has 0 amide bonds. The molecule has 1 aliphatic rings. The number of benzene rings is 2. The Morgan fingerprint density at radius 3 is 2.54 bits per heavy atom. The van der Waals surface area contributed by atoms with Gasteiger partial charge in [-0.1, -0.05) is 24.3 Å². The highest BCUT2D eigenvalue weighted by molar-refractivity contribution is 5.99. The van der Waals surface area contributed by atoms with Crippen LogP contribution in [0.1, 0.15) is 16.9 Å². The van der Waals surface area contributed by atoms with Crippen molar-refractivity contribution in [2.24, 2.45) is 0 Å². The Labute approximate surface area is 149 Å². The van der Waals surface area contributed by atoms with Crippen LogP contribution in [-0.2, 0) is 0 Å². The molecular weight excluding hydrogens is 332 g/mol. The topological polar surface area (TPSA) is 93.6 Å². The number of H-pyrrole nitrogens is 1. The van der Waals surface area contributed by atoms with Crippen molar-refractivity contribution < 1.29 is 15.0 Å². The average molecular weight is 350 g/mol. The Hall–Kier alpha value is -3.12. The number of carboxylic acids is 1. The number of carboxylic acid groups (broad SMARTS) is 1. The maximum Gasteiger partial charge on any atom is 0.352 e. The van der Waals surface area contributed by atoms with Crippen LogP contribution in [0.25, 0.3) is 21.9 Å². The smallest absolute Gasteiger partial charge is 0.352 e. The van der Waals surface area contributed by atoms with Crippen molar-refractivity contribution >= 4 is 22.4 Å². The zero-order valence-electron chi connectivity index (χ0n) is 14.0. The molecule has 6 nitrogen and oxygen atoms in total. The number of aromatic amines is 1. The molecule has 1 saturated heterocycles. The van der Waals surface area contributed by atoms with Crippen molar-refractivity contribution in [1.29, 1.82) is 0 Å². The van der Waals surface area contributed by atoms with Crippen molar-refractivity contribution in [1.82, 2.24) is 4.98 Å². The summed E-state index contributed by atoms with van der Waals surface area (Å²) in [6, 6.07) is 14.7. The van der Waals surface area contributed by atoms with Gasteiger partial charge in [-0.2, -0.15) is 0 Å². The van der Waals surface area contributed by atoms with Crippen molar-refractivity contribution in [3.05, 3.63) is 64.6 Å². The second kappa shape index (κ2) is 6.31. The number of hydrogen-bond donors (Lipinski definition) is 3. The summed E-state index contributed by atoms with van der Waals surface area (Å²) in [6.07, 6.45) is 0.486. The van der Waals surface area contributed by atoms with Crippen LogP contribution in [-0.4, -0.2) is 40.4 Å². The van der Waals surface area contributed by atoms with E-state index in [4.69, 9.17) is 0 Å². The summed E-state index contributed by atoms with van der Waals surface area (Å²) in [5.41, 5.74) is 2.21. The first-order chi connectivity index (χ1) is 12.5. The van der Waals surface area contributed by atoms with E-state index < -0.39 is 11.5 Å². The van der Waals surface area contributed by atoms with Gasteiger partial charge in [-0.25, -0.2) is 4.79 Å². The van der Waals surface area contributed by atoms with Gasteiger partial charge in [-0.15, -0.1) is 0 Å². The van der Waals surface area contributed by atoms with Crippen molar-refractivity contribution in [3.63, 3.8) is 0 Å². The monoisotopic (exact) mass is 350 g/mol. The molecule has 26 heavy (non-hydrogen) atoms. The molecule has 3 aromatic rings. The molecule has 132 valence electrons. The van der Waals surface area contributed by atoms with E-state index in [1.165, 1.54) is 6.07 Å². The van der Waals surface area contributed by atoms with Crippen LogP contribution >= 0.6 is 0 Å². The Kier molecular flexibility index (Phi) is 3.97. The van der Waals surface area contributed by atoms with Crippen molar-refractivity contribution in [3.8, 4) is 11.1 Å². The summed E-state index contributed by atoms with van der Waals surface area (Å²) in [5.74, 6) is -1.17. The molecule has 3 N–H and O–H groups in total. The van der Waals surface area contributed by atoms with E-state index in [1.54, 1.807) is 12.1 Å². The average Bonchev–Trinajstić information content (AvgIpc) is 3.08. The molecule has 2 heterocycles. The Morgan fingerprint density at radius 1 is 1.12 bits per heavy atom. The molecule has 0 saturated carbocycles. The largest absolute Gasteiger partial charge is 0.477 e. The van der Waals surface area contributed by atoms with Gasteiger partial charge in [0.15, 0.2) is 0 Å². The second-order valence-electron chi connectivity index (χ2n) is 6.52. The van der Waals surface area contributed by atoms with Crippen molar-refractivity contribution in [2.75, 3.05) is 18.0 Å². The number of aliphatic hydroxyl groups is 1. The predicted octanol–water partition coefficient (Wildman–Crippen LogP) is 2.46. The number of nitrogens with zero attached hydrogens (tertiary/aromatic N) is 1. The van der Waals surface area contributed by atoms with Gasteiger partial charge in [-0.05, 0) is 47.2 Å². The predicted molar refractivity (Wildman–Crippen MR) is 99.8 cm³/mol. The van der Waals surface area contributed by atoms with Crippen LogP contribution in [0, 0.1) is 0 Å². The Bertz CT molecular complexity index is 1040.